The molecule has 0 aromatic heterocycles. The van der Waals surface area contributed by atoms with Gasteiger partial charge in [0.25, 0.3) is 5.91 Å². The summed E-state index contributed by atoms with van der Waals surface area (Å²) in [5, 5.41) is 0. The molecule has 8 heteroatoms. The van der Waals surface area contributed by atoms with Crippen molar-refractivity contribution in [3.63, 3.8) is 0 Å². The summed E-state index contributed by atoms with van der Waals surface area (Å²) in [5.74, 6) is 1.95. The van der Waals surface area contributed by atoms with Crippen LogP contribution in [0.25, 0.3) is 0 Å². The van der Waals surface area contributed by atoms with Crippen molar-refractivity contribution < 1.29 is 19.0 Å². The molecule has 1 saturated carbocycles. The molecule has 2 atom stereocenters. The van der Waals surface area contributed by atoms with Crippen LogP contribution in [-0.2, 0) is 4.74 Å². The standard InChI is InChI=1S/C33H45N3O4.ClH/c1-5-40-31-20-26-27(21-30(31)39-4)32(34-29-16-18-35(2)22-28(26)29)23-12-14-24(15-13-23)33(37)36(17-9-19-38-3)25-10-7-6-8-11-25;/h12-15,20-21,25,28-29H,5-11,16-19,22H2,1-4H3;1H/t28-,29-;/m1./s1. The molecule has 0 radical (unpaired) electrons. The smallest absolute Gasteiger partial charge is 0.254 e. The quantitative estimate of drug-likeness (QED) is 0.323. The molecule has 0 bridgehead atoms. The van der Waals surface area contributed by atoms with E-state index in [9.17, 15) is 4.79 Å². The summed E-state index contributed by atoms with van der Waals surface area (Å²) in [5.41, 5.74) is 5.12. The number of likely N-dealkylation sites (N-methyl/N-ethyl adjacent to an activating group) is 1. The first kappa shape index (κ1) is 31.3. The molecule has 2 aromatic carbocycles. The number of carbonyl (C=O) groups is 1. The first-order chi connectivity index (χ1) is 19.5. The topological polar surface area (TPSA) is 63.6 Å². The van der Waals surface area contributed by atoms with E-state index in [4.69, 9.17) is 19.2 Å². The minimum Gasteiger partial charge on any atom is -0.493 e. The van der Waals surface area contributed by atoms with Crippen LogP contribution >= 0.6 is 12.4 Å². The molecular weight excluding hydrogens is 538 g/mol. The van der Waals surface area contributed by atoms with E-state index in [1.807, 2.05) is 19.1 Å². The number of rotatable bonds is 10. The highest BCUT2D eigenvalue weighted by molar-refractivity contribution is 6.15. The van der Waals surface area contributed by atoms with Gasteiger partial charge in [-0.1, -0.05) is 31.4 Å². The summed E-state index contributed by atoms with van der Waals surface area (Å²) >= 11 is 0. The van der Waals surface area contributed by atoms with Gasteiger partial charge in [-0.3, -0.25) is 9.79 Å². The number of ether oxygens (including phenoxy) is 3. The Morgan fingerprint density at radius 1 is 1.05 bits per heavy atom. The monoisotopic (exact) mass is 583 g/mol. The number of methoxy groups -OCH3 is 2. The Morgan fingerprint density at radius 3 is 2.49 bits per heavy atom. The summed E-state index contributed by atoms with van der Waals surface area (Å²) in [4.78, 5) is 23.6. The molecule has 224 valence electrons. The average Bonchev–Trinajstić information content (AvgIpc) is 2.99. The van der Waals surface area contributed by atoms with E-state index < -0.39 is 0 Å². The number of aliphatic imine (C=N–C) groups is 1. The largest absolute Gasteiger partial charge is 0.493 e. The molecule has 0 spiro atoms. The number of likely N-dealkylation sites (tertiary alicyclic amines) is 1. The molecule has 0 N–H and O–H groups in total. The Bertz CT molecular complexity index is 1200. The van der Waals surface area contributed by atoms with Crippen molar-refractivity contribution in [1.29, 1.82) is 0 Å². The first-order valence-corrected chi connectivity index (χ1v) is 15.1. The van der Waals surface area contributed by atoms with E-state index in [1.54, 1.807) is 14.2 Å². The van der Waals surface area contributed by atoms with Gasteiger partial charge in [0.15, 0.2) is 11.5 Å². The Balaban J connectivity index is 0.00000387. The summed E-state index contributed by atoms with van der Waals surface area (Å²) in [6, 6.07) is 12.9. The number of carbonyl (C=O) groups excluding carboxylic acids is 1. The maximum Gasteiger partial charge on any atom is 0.254 e. The molecule has 41 heavy (non-hydrogen) atoms. The molecule has 5 rings (SSSR count). The molecule has 2 aliphatic heterocycles. The Morgan fingerprint density at radius 2 is 1.80 bits per heavy atom. The second-order valence-corrected chi connectivity index (χ2v) is 11.4. The van der Waals surface area contributed by atoms with Crippen LogP contribution in [0.1, 0.15) is 84.8 Å². The van der Waals surface area contributed by atoms with Crippen LogP contribution in [0.3, 0.4) is 0 Å². The molecule has 7 nitrogen and oxygen atoms in total. The van der Waals surface area contributed by atoms with Gasteiger partial charge in [0.05, 0.1) is 25.5 Å². The summed E-state index contributed by atoms with van der Waals surface area (Å²) in [6.07, 6.45) is 7.72. The molecular formula is C33H46ClN3O4. The van der Waals surface area contributed by atoms with Gasteiger partial charge in [-0.25, -0.2) is 0 Å². The molecule has 2 aromatic rings. The van der Waals surface area contributed by atoms with E-state index in [1.165, 1.54) is 24.8 Å². The van der Waals surface area contributed by atoms with Gasteiger partial charge >= 0.3 is 0 Å². The minimum absolute atomic E-state index is 0. The number of hydrogen-bond donors (Lipinski definition) is 0. The van der Waals surface area contributed by atoms with Crippen molar-refractivity contribution in [2.75, 3.05) is 54.1 Å². The summed E-state index contributed by atoms with van der Waals surface area (Å²) in [7, 11) is 5.59. The van der Waals surface area contributed by atoms with Crippen LogP contribution < -0.4 is 9.47 Å². The van der Waals surface area contributed by atoms with E-state index in [2.05, 4.69) is 41.1 Å². The van der Waals surface area contributed by atoms with Crippen molar-refractivity contribution in [2.45, 2.75) is 69.9 Å². The van der Waals surface area contributed by atoms with Crippen LogP contribution in [0.4, 0.5) is 0 Å². The third kappa shape index (κ3) is 6.90. The lowest BCUT2D eigenvalue weighted by Crippen LogP contribution is -2.42. The predicted octanol–water partition coefficient (Wildman–Crippen LogP) is 5.97. The van der Waals surface area contributed by atoms with Crippen LogP contribution in [-0.4, -0.2) is 87.6 Å². The highest BCUT2D eigenvalue weighted by atomic mass is 35.5. The predicted molar refractivity (Wildman–Crippen MR) is 167 cm³/mol. The number of fused-ring (bicyclic) bond motifs is 3. The van der Waals surface area contributed by atoms with E-state index in [0.29, 0.717) is 25.2 Å². The highest BCUT2D eigenvalue weighted by Crippen LogP contribution is 2.42. The zero-order valence-corrected chi connectivity index (χ0v) is 25.9. The minimum atomic E-state index is 0. The zero-order valence-electron chi connectivity index (χ0n) is 25.1. The number of hydrogen-bond acceptors (Lipinski definition) is 6. The van der Waals surface area contributed by atoms with Gasteiger partial charge in [0.2, 0.25) is 0 Å². The zero-order chi connectivity index (χ0) is 28.1. The molecule has 1 saturated heterocycles. The highest BCUT2D eigenvalue weighted by Gasteiger charge is 2.36. The van der Waals surface area contributed by atoms with Crippen molar-refractivity contribution in [3.8, 4) is 11.5 Å². The average molecular weight is 584 g/mol. The lowest BCUT2D eigenvalue weighted by Gasteiger charge is -2.39. The molecule has 1 amide bonds. The van der Waals surface area contributed by atoms with E-state index in [0.717, 1.165) is 79.2 Å². The van der Waals surface area contributed by atoms with Crippen molar-refractivity contribution in [1.82, 2.24) is 9.80 Å². The maximum atomic E-state index is 13.7. The third-order valence-corrected chi connectivity index (χ3v) is 8.79. The molecule has 2 fully saturated rings. The third-order valence-electron chi connectivity index (χ3n) is 8.79. The molecule has 2 heterocycles. The van der Waals surface area contributed by atoms with Gasteiger partial charge in [-0.05, 0) is 76.0 Å². The molecule has 3 aliphatic rings. The fourth-order valence-corrected chi connectivity index (χ4v) is 6.70. The van der Waals surface area contributed by atoms with Gasteiger partial charge in [0, 0.05) is 55.5 Å². The Labute approximate surface area is 251 Å². The van der Waals surface area contributed by atoms with Crippen LogP contribution in [0, 0.1) is 0 Å². The van der Waals surface area contributed by atoms with Gasteiger partial charge in [-0.2, -0.15) is 0 Å². The normalized spacial score (nSPS) is 20.7. The fraction of sp³-hybridized carbons (Fsp3) is 0.576. The van der Waals surface area contributed by atoms with Gasteiger partial charge in [-0.15, -0.1) is 12.4 Å². The number of nitrogens with zero attached hydrogens (tertiary/aromatic N) is 3. The molecule has 1 aliphatic carbocycles. The first-order valence-electron chi connectivity index (χ1n) is 15.1. The van der Waals surface area contributed by atoms with Crippen LogP contribution in [0.5, 0.6) is 11.5 Å². The number of piperidine rings is 1. The SMILES string of the molecule is CCOc1cc2c(cc1OC)C(c1ccc(C(=O)N(CCCOC)C3CCCCC3)cc1)=N[C@@H]1CCN(C)C[C@H]21.Cl. The summed E-state index contributed by atoms with van der Waals surface area (Å²) < 4.78 is 17.0. The van der Waals surface area contributed by atoms with Gasteiger partial charge in [0.1, 0.15) is 0 Å². The second-order valence-electron chi connectivity index (χ2n) is 11.4. The van der Waals surface area contributed by atoms with Crippen molar-refractivity contribution in [2.24, 2.45) is 4.99 Å². The number of amides is 1. The Kier molecular flexibility index (Phi) is 11.1. The lowest BCUT2D eigenvalue weighted by atomic mass is 9.79. The van der Waals surface area contributed by atoms with Crippen LogP contribution in [0.2, 0.25) is 0 Å². The maximum absolute atomic E-state index is 13.7. The van der Waals surface area contributed by atoms with E-state index in [-0.39, 0.29) is 24.4 Å². The van der Waals surface area contributed by atoms with Crippen molar-refractivity contribution in [3.05, 3.63) is 58.7 Å². The fourth-order valence-electron chi connectivity index (χ4n) is 6.70. The van der Waals surface area contributed by atoms with Crippen molar-refractivity contribution >= 4 is 24.0 Å². The number of halogens is 1. The lowest BCUT2D eigenvalue weighted by molar-refractivity contribution is 0.0608. The molecule has 0 unspecified atom stereocenters. The second kappa shape index (κ2) is 14.5. The Hall–Kier alpha value is -2.61. The van der Waals surface area contributed by atoms with Gasteiger partial charge < -0.3 is 24.0 Å². The van der Waals surface area contributed by atoms with Crippen LogP contribution in [0.15, 0.2) is 41.4 Å². The number of benzene rings is 2. The summed E-state index contributed by atoms with van der Waals surface area (Å²) in [6.45, 7) is 6.00. The van der Waals surface area contributed by atoms with E-state index >= 15 is 0 Å².